The molecule has 0 radical (unpaired) electrons. The maximum Gasteiger partial charge on any atom is 0.240 e. The molecule has 2 atom stereocenters. The van der Waals surface area contributed by atoms with Crippen LogP contribution in [0.2, 0.25) is 0 Å². The minimum Gasteiger partial charge on any atom is -0.389 e. The third-order valence-corrected chi connectivity index (χ3v) is 5.34. The van der Waals surface area contributed by atoms with Crippen LogP contribution in [0.25, 0.3) is 0 Å². The van der Waals surface area contributed by atoms with Crippen LogP contribution < -0.4 is 4.72 Å². The molecular weight excluding hydrogens is 274 g/mol. The second-order valence-electron chi connectivity index (χ2n) is 5.65. The molecular formula is C15H23NO3S. The topological polar surface area (TPSA) is 66.4 Å². The van der Waals surface area contributed by atoms with E-state index in [1.54, 1.807) is 31.2 Å². The summed E-state index contributed by atoms with van der Waals surface area (Å²) in [4.78, 5) is 0.260. The molecule has 1 aliphatic carbocycles. The number of benzene rings is 1. The molecule has 2 N–H and O–H groups in total. The smallest absolute Gasteiger partial charge is 0.240 e. The molecule has 2 rings (SSSR count). The molecule has 4 nitrogen and oxygen atoms in total. The maximum atomic E-state index is 12.3. The number of nitrogens with one attached hydrogen (secondary N) is 1. The summed E-state index contributed by atoms with van der Waals surface area (Å²) in [7, 11) is -3.46. The molecule has 2 unspecified atom stereocenters. The Balaban J connectivity index is 2.07. The van der Waals surface area contributed by atoms with E-state index in [4.69, 9.17) is 0 Å². The number of aliphatic hydroxyl groups excluding tert-OH is 1. The van der Waals surface area contributed by atoms with Gasteiger partial charge in [-0.3, -0.25) is 0 Å². The maximum absolute atomic E-state index is 12.3. The van der Waals surface area contributed by atoms with Crippen molar-refractivity contribution in [3.8, 4) is 0 Å². The molecule has 0 amide bonds. The van der Waals surface area contributed by atoms with E-state index in [1.165, 1.54) is 12.8 Å². The SMILES string of the molecule is CCC(CC1CC1)NS(=O)(=O)c1ccc(C(C)O)cc1. The molecule has 1 aliphatic rings. The zero-order chi connectivity index (χ0) is 14.8. The van der Waals surface area contributed by atoms with E-state index in [9.17, 15) is 13.5 Å². The molecule has 20 heavy (non-hydrogen) atoms. The van der Waals surface area contributed by atoms with Crippen LogP contribution in [0, 0.1) is 5.92 Å². The Hall–Kier alpha value is -0.910. The fraction of sp³-hybridized carbons (Fsp3) is 0.600. The van der Waals surface area contributed by atoms with Crippen LogP contribution in [0.1, 0.15) is 51.2 Å². The average molecular weight is 297 g/mol. The lowest BCUT2D eigenvalue weighted by atomic mass is 10.1. The van der Waals surface area contributed by atoms with Crippen molar-refractivity contribution in [2.45, 2.75) is 56.6 Å². The van der Waals surface area contributed by atoms with Gasteiger partial charge in [-0.1, -0.05) is 31.9 Å². The summed E-state index contributed by atoms with van der Waals surface area (Å²) in [5.74, 6) is 0.695. The fourth-order valence-electron chi connectivity index (χ4n) is 2.27. The lowest BCUT2D eigenvalue weighted by molar-refractivity contribution is 0.199. The van der Waals surface area contributed by atoms with E-state index in [0.29, 0.717) is 11.5 Å². The molecule has 1 aromatic rings. The third-order valence-electron chi connectivity index (χ3n) is 3.80. The third kappa shape index (κ3) is 4.04. The highest BCUT2D eigenvalue weighted by Gasteiger charge is 2.27. The molecule has 112 valence electrons. The van der Waals surface area contributed by atoms with Crippen molar-refractivity contribution >= 4 is 10.0 Å². The summed E-state index contributed by atoms with van der Waals surface area (Å²) in [6.07, 6.45) is 3.60. The van der Waals surface area contributed by atoms with Gasteiger partial charge in [-0.05, 0) is 43.4 Å². The minimum atomic E-state index is -3.46. The van der Waals surface area contributed by atoms with Crippen LogP contribution in [0.3, 0.4) is 0 Å². The highest BCUT2D eigenvalue weighted by molar-refractivity contribution is 7.89. The zero-order valence-corrected chi connectivity index (χ0v) is 12.9. The first-order chi connectivity index (χ1) is 9.42. The van der Waals surface area contributed by atoms with Gasteiger partial charge in [0, 0.05) is 6.04 Å². The summed E-state index contributed by atoms with van der Waals surface area (Å²) in [6.45, 7) is 3.66. The molecule has 5 heteroatoms. The van der Waals surface area contributed by atoms with Gasteiger partial charge in [0.25, 0.3) is 0 Å². The predicted molar refractivity (Wildman–Crippen MR) is 78.8 cm³/mol. The average Bonchev–Trinajstić information content (AvgIpc) is 3.21. The van der Waals surface area contributed by atoms with Crippen LogP contribution in [0.5, 0.6) is 0 Å². The van der Waals surface area contributed by atoms with Gasteiger partial charge in [0.1, 0.15) is 0 Å². The lowest BCUT2D eigenvalue weighted by Gasteiger charge is -2.17. The Kier molecular flexibility index (Phi) is 4.83. The molecule has 0 saturated heterocycles. The summed E-state index contributed by atoms with van der Waals surface area (Å²) < 4.78 is 27.4. The molecule has 0 heterocycles. The van der Waals surface area contributed by atoms with Crippen LogP contribution in [-0.2, 0) is 10.0 Å². The molecule has 1 aromatic carbocycles. The Morgan fingerprint density at radius 1 is 1.30 bits per heavy atom. The van der Waals surface area contributed by atoms with Crippen molar-refractivity contribution in [2.24, 2.45) is 5.92 Å². The van der Waals surface area contributed by atoms with Crippen molar-refractivity contribution in [1.82, 2.24) is 4.72 Å². The minimum absolute atomic E-state index is 0.0175. The second kappa shape index (κ2) is 6.24. The predicted octanol–water partition coefficient (Wildman–Crippen LogP) is 2.60. The summed E-state index contributed by atoms with van der Waals surface area (Å²) >= 11 is 0. The zero-order valence-electron chi connectivity index (χ0n) is 12.0. The molecule has 0 aliphatic heterocycles. The normalized spacial score (nSPS) is 18.8. The summed E-state index contributed by atoms with van der Waals surface area (Å²) in [6, 6.07) is 6.42. The van der Waals surface area contributed by atoms with Crippen LogP contribution in [-0.4, -0.2) is 19.6 Å². The monoisotopic (exact) mass is 297 g/mol. The van der Waals surface area contributed by atoms with Crippen molar-refractivity contribution in [3.63, 3.8) is 0 Å². The lowest BCUT2D eigenvalue weighted by Crippen LogP contribution is -2.34. The first-order valence-corrected chi connectivity index (χ1v) is 8.71. The van der Waals surface area contributed by atoms with E-state index in [2.05, 4.69) is 4.72 Å². The summed E-state index contributed by atoms with van der Waals surface area (Å²) in [5, 5.41) is 9.44. The standard InChI is InChI=1S/C15H23NO3S/c1-3-14(10-12-4-5-12)16-20(18,19)15-8-6-13(7-9-15)11(2)17/h6-9,11-12,14,16-17H,3-5,10H2,1-2H3. The van der Waals surface area contributed by atoms with Crippen LogP contribution in [0.4, 0.5) is 0 Å². The van der Waals surface area contributed by atoms with Crippen molar-refractivity contribution in [2.75, 3.05) is 0 Å². The molecule has 0 bridgehead atoms. The highest BCUT2D eigenvalue weighted by Crippen LogP contribution is 2.34. The van der Waals surface area contributed by atoms with Crippen molar-refractivity contribution < 1.29 is 13.5 Å². The number of aliphatic hydroxyl groups is 1. The van der Waals surface area contributed by atoms with E-state index in [0.717, 1.165) is 12.8 Å². The van der Waals surface area contributed by atoms with Crippen molar-refractivity contribution in [1.29, 1.82) is 0 Å². The van der Waals surface area contributed by atoms with E-state index >= 15 is 0 Å². The van der Waals surface area contributed by atoms with Crippen LogP contribution in [0.15, 0.2) is 29.2 Å². The highest BCUT2D eigenvalue weighted by atomic mass is 32.2. The van der Waals surface area contributed by atoms with E-state index in [1.807, 2.05) is 6.92 Å². The Labute approximate surface area is 121 Å². The Morgan fingerprint density at radius 2 is 1.90 bits per heavy atom. The molecule has 1 saturated carbocycles. The van der Waals surface area contributed by atoms with Gasteiger partial charge >= 0.3 is 0 Å². The van der Waals surface area contributed by atoms with Gasteiger partial charge in [-0.25, -0.2) is 13.1 Å². The Morgan fingerprint density at radius 3 is 2.35 bits per heavy atom. The fourth-order valence-corrected chi connectivity index (χ4v) is 3.60. The Bertz CT molecular complexity index is 533. The van der Waals surface area contributed by atoms with Gasteiger partial charge in [0.15, 0.2) is 0 Å². The largest absolute Gasteiger partial charge is 0.389 e. The number of hydrogen-bond acceptors (Lipinski definition) is 3. The second-order valence-corrected chi connectivity index (χ2v) is 7.36. The summed E-state index contributed by atoms with van der Waals surface area (Å²) in [5.41, 5.74) is 0.717. The van der Waals surface area contributed by atoms with Gasteiger partial charge in [-0.2, -0.15) is 0 Å². The number of sulfonamides is 1. The van der Waals surface area contributed by atoms with E-state index < -0.39 is 16.1 Å². The number of rotatable bonds is 7. The first kappa shape index (κ1) is 15.5. The number of hydrogen-bond donors (Lipinski definition) is 2. The van der Waals surface area contributed by atoms with Gasteiger partial charge in [-0.15, -0.1) is 0 Å². The first-order valence-electron chi connectivity index (χ1n) is 7.22. The van der Waals surface area contributed by atoms with Gasteiger partial charge < -0.3 is 5.11 Å². The van der Waals surface area contributed by atoms with Gasteiger partial charge in [0.2, 0.25) is 10.0 Å². The van der Waals surface area contributed by atoms with Crippen molar-refractivity contribution in [3.05, 3.63) is 29.8 Å². The molecule has 0 spiro atoms. The van der Waals surface area contributed by atoms with Gasteiger partial charge in [0.05, 0.1) is 11.0 Å². The van der Waals surface area contributed by atoms with E-state index in [-0.39, 0.29) is 10.9 Å². The molecule has 0 aromatic heterocycles. The van der Waals surface area contributed by atoms with Crippen LogP contribution >= 0.6 is 0 Å². The molecule has 1 fully saturated rings. The quantitative estimate of drug-likeness (QED) is 0.813.